The lowest BCUT2D eigenvalue weighted by Gasteiger charge is -2.12. The van der Waals surface area contributed by atoms with E-state index in [2.05, 4.69) is 30.6 Å². The van der Waals surface area contributed by atoms with Crippen LogP contribution in [0.2, 0.25) is 0 Å². The Labute approximate surface area is 119 Å². The molecule has 1 heterocycles. The van der Waals surface area contributed by atoms with Crippen molar-refractivity contribution < 1.29 is 17.9 Å². The molecule has 106 valence electrons. The number of hydrogen-bond donors (Lipinski definition) is 1. The number of aromatic amines is 1. The van der Waals surface area contributed by atoms with Crippen LogP contribution in [0.1, 0.15) is 5.69 Å². The lowest BCUT2D eigenvalue weighted by Crippen LogP contribution is -2.18. The van der Waals surface area contributed by atoms with E-state index in [1.54, 1.807) is 6.92 Å². The number of benzene rings is 1. The number of aromatic nitrogens is 2. The lowest BCUT2D eigenvalue weighted by molar-refractivity contribution is -0.274. The zero-order chi connectivity index (χ0) is 14.9. The third kappa shape index (κ3) is 3.19. The van der Waals surface area contributed by atoms with Gasteiger partial charge in [0.25, 0.3) is 5.56 Å². The van der Waals surface area contributed by atoms with Crippen LogP contribution in [0.25, 0.3) is 11.4 Å². The van der Waals surface area contributed by atoms with Crippen LogP contribution in [0, 0.1) is 6.92 Å². The van der Waals surface area contributed by atoms with Gasteiger partial charge in [-0.25, -0.2) is 4.98 Å². The Morgan fingerprint density at radius 2 is 1.95 bits per heavy atom. The Bertz CT molecular complexity index is 698. The first-order valence-electron chi connectivity index (χ1n) is 5.39. The molecular weight excluding hydrogens is 341 g/mol. The highest BCUT2D eigenvalue weighted by Crippen LogP contribution is 2.31. The van der Waals surface area contributed by atoms with Crippen LogP contribution >= 0.6 is 15.9 Å². The van der Waals surface area contributed by atoms with E-state index >= 15 is 0 Å². The van der Waals surface area contributed by atoms with Crippen molar-refractivity contribution in [1.82, 2.24) is 9.97 Å². The molecule has 0 atom stereocenters. The standard InChI is InChI=1S/C12H8BrF3N2O2/c1-6-9(13)11(19)18-10(17-6)7-4-2-3-5-8(7)20-12(14,15)16/h2-5H,1H3,(H,17,18,19). The number of nitrogens with one attached hydrogen (secondary N) is 1. The number of ether oxygens (including phenoxy) is 1. The quantitative estimate of drug-likeness (QED) is 0.904. The van der Waals surface area contributed by atoms with Gasteiger partial charge < -0.3 is 9.72 Å². The zero-order valence-electron chi connectivity index (χ0n) is 10.1. The van der Waals surface area contributed by atoms with Gasteiger partial charge in [-0.05, 0) is 35.0 Å². The molecule has 0 amide bonds. The summed E-state index contributed by atoms with van der Waals surface area (Å²) in [5, 5.41) is 0. The molecule has 0 fully saturated rings. The first-order valence-corrected chi connectivity index (χ1v) is 6.19. The number of para-hydroxylation sites is 1. The van der Waals surface area contributed by atoms with E-state index in [-0.39, 0.29) is 15.9 Å². The third-order valence-corrected chi connectivity index (χ3v) is 3.33. The van der Waals surface area contributed by atoms with Crippen molar-refractivity contribution in [2.24, 2.45) is 0 Å². The first kappa shape index (κ1) is 14.6. The van der Waals surface area contributed by atoms with Gasteiger partial charge in [0.05, 0.1) is 11.3 Å². The van der Waals surface area contributed by atoms with Gasteiger partial charge in [0, 0.05) is 0 Å². The number of aryl methyl sites for hydroxylation is 1. The summed E-state index contributed by atoms with van der Waals surface area (Å²) < 4.78 is 41.2. The van der Waals surface area contributed by atoms with Gasteiger partial charge in [-0.3, -0.25) is 4.79 Å². The molecule has 0 aliphatic carbocycles. The Balaban J connectivity index is 2.56. The van der Waals surface area contributed by atoms with Gasteiger partial charge in [-0.15, -0.1) is 13.2 Å². The molecule has 1 aromatic carbocycles. The van der Waals surface area contributed by atoms with E-state index in [0.29, 0.717) is 5.69 Å². The summed E-state index contributed by atoms with van der Waals surface area (Å²) in [5.41, 5.74) is -0.0580. The van der Waals surface area contributed by atoms with Gasteiger partial charge in [0.1, 0.15) is 16.0 Å². The van der Waals surface area contributed by atoms with Gasteiger partial charge in [0.15, 0.2) is 0 Å². The molecule has 0 aliphatic heterocycles. The molecule has 0 radical (unpaired) electrons. The molecule has 1 N–H and O–H groups in total. The Morgan fingerprint density at radius 3 is 2.55 bits per heavy atom. The Hall–Kier alpha value is -1.83. The van der Waals surface area contributed by atoms with Crippen LogP contribution in [0.3, 0.4) is 0 Å². The van der Waals surface area contributed by atoms with Crippen LogP contribution < -0.4 is 10.3 Å². The maximum absolute atomic E-state index is 12.3. The molecule has 0 unspecified atom stereocenters. The third-order valence-electron chi connectivity index (χ3n) is 2.40. The first-order chi connectivity index (χ1) is 9.28. The van der Waals surface area contributed by atoms with Crippen molar-refractivity contribution in [3.63, 3.8) is 0 Å². The largest absolute Gasteiger partial charge is 0.573 e. The van der Waals surface area contributed by atoms with Crippen molar-refractivity contribution in [3.8, 4) is 17.1 Å². The molecule has 2 aromatic rings. The summed E-state index contributed by atoms with van der Waals surface area (Å²) in [7, 11) is 0. The average Bonchev–Trinajstić information content (AvgIpc) is 2.34. The number of alkyl halides is 3. The van der Waals surface area contributed by atoms with Crippen molar-refractivity contribution in [2.45, 2.75) is 13.3 Å². The molecule has 0 aliphatic rings. The van der Waals surface area contributed by atoms with E-state index in [1.807, 2.05) is 0 Å². The maximum Gasteiger partial charge on any atom is 0.573 e. The van der Waals surface area contributed by atoms with Crippen molar-refractivity contribution >= 4 is 15.9 Å². The highest BCUT2D eigenvalue weighted by atomic mass is 79.9. The van der Waals surface area contributed by atoms with E-state index in [9.17, 15) is 18.0 Å². The van der Waals surface area contributed by atoms with Crippen LogP contribution in [0.5, 0.6) is 5.75 Å². The molecular formula is C12H8BrF3N2O2. The summed E-state index contributed by atoms with van der Waals surface area (Å²) in [4.78, 5) is 18.1. The van der Waals surface area contributed by atoms with Gasteiger partial charge in [-0.1, -0.05) is 12.1 Å². The summed E-state index contributed by atoms with van der Waals surface area (Å²) >= 11 is 3.04. The summed E-state index contributed by atoms with van der Waals surface area (Å²) in [6.07, 6.45) is -4.82. The molecule has 8 heteroatoms. The number of nitrogens with zero attached hydrogens (tertiary/aromatic N) is 1. The summed E-state index contributed by atoms with van der Waals surface area (Å²) in [6.45, 7) is 1.57. The monoisotopic (exact) mass is 348 g/mol. The van der Waals surface area contributed by atoms with E-state index in [1.165, 1.54) is 18.2 Å². The molecule has 0 saturated carbocycles. The van der Waals surface area contributed by atoms with Crippen LogP contribution in [0.15, 0.2) is 33.5 Å². The second kappa shape index (κ2) is 5.28. The number of H-pyrrole nitrogens is 1. The minimum absolute atomic E-state index is 0.00977. The van der Waals surface area contributed by atoms with Gasteiger partial charge >= 0.3 is 6.36 Å². The maximum atomic E-state index is 12.3. The fraction of sp³-hybridized carbons (Fsp3) is 0.167. The minimum Gasteiger partial charge on any atom is -0.405 e. The predicted molar refractivity (Wildman–Crippen MR) is 69.4 cm³/mol. The minimum atomic E-state index is -4.82. The molecule has 1 aromatic heterocycles. The highest BCUT2D eigenvalue weighted by molar-refractivity contribution is 9.10. The van der Waals surface area contributed by atoms with Gasteiger partial charge in [0.2, 0.25) is 0 Å². The molecule has 0 spiro atoms. The fourth-order valence-electron chi connectivity index (χ4n) is 1.57. The Morgan fingerprint density at radius 1 is 1.30 bits per heavy atom. The molecule has 0 saturated heterocycles. The molecule has 4 nitrogen and oxygen atoms in total. The fourth-order valence-corrected chi connectivity index (χ4v) is 1.76. The molecule has 2 rings (SSSR count). The van der Waals surface area contributed by atoms with Crippen molar-refractivity contribution in [2.75, 3.05) is 0 Å². The second-order valence-corrected chi connectivity index (χ2v) is 4.65. The van der Waals surface area contributed by atoms with Crippen LogP contribution in [-0.4, -0.2) is 16.3 Å². The second-order valence-electron chi connectivity index (χ2n) is 3.86. The normalized spacial score (nSPS) is 11.4. The van der Waals surface area contributed by atoms with Crippen molar-refractivity contribution in [1.29, 1.82) is 0 Å². The highest BCUT2D eigenvalue weighted by Gasteiger charge is 2.32. The average molecular weight is 349 g/mol. The Kier molecular flexibility index (Phi) is 3.85. The number of rotatable bonds is 2. The van der Waals surface area contributed by atoms with Crippen molar-refractivity contribution in [3.05, 3.63) is 44.8 Å². The van der Waals surface area contributed by atoms with E-state index in [4.69, 9.17) is 0 Å². The SMILES string of the molecule is Cc1nc(-c2ccccc2OC(F)(F)F)[nH]c(=O)c1Br. The van der Waals surface area contributed by atoms with E-state index < -0.39 is 17.7 Å². The topological polar surface area (TPSA) is 55.0 Å². The molecule has 20 heavy (non-hydrogen) atoms. The van der Waals surface area contributed by atoms with Gasteiger partial charge in [-0.2, -0.15) is 0 Å². The lowest BCUT2D eigenvalue weighted by atomic mass is 10.2. The van der Waals surface area contributed by atoms with Crippen LogP contribution in [-0.2, 0) is 0 Å². The zero-order valence-corrected chi connectivity index (χ0v) is 11.7. The summed E-state index contributed by atoms with van der Waals surface area (Å²) in [5.74, 6) is -0.416. The number of hydrogen-bond acceptors (Lipinski definition) is 3. The van der Waals surface area contributed by atoms with E-state index in [0.717, 1.165) is 6.07 Å². The smallest absolute Gasteiger partial charge is 0.405 e. The summed E-state index contributed by atoms with van der Waals surface area (Å²) in [6, 6.07) is 5.46. The predicted octanol–water partition coefficient (Wildman–Crippen LogP) is 3.41. The number of halogens is 4. The van der Waals surface area contributed by atoms with Crippen LogP contribution in [0.4, 0.5) is 13.2 Å². The molecule has 0 bridgehead atoms.